The Hall–Kier alpha value is -1.61. The lowest BCUT2D eigenvalue weighted by molar-refractivity contribution is 0.0663. The number of carbonyl (C=O) groups is 1. The predicted octanol–water partition coefficient (Wildman–Crippen LogP) is 4.54. The summed E-state index contributed by atoms with van der Waals surface area (Å²) in [5, 5.41) is 0. The zero-order valence-electron chi connectivity index (χ0n) is 15.9. The molecule has 0 radical (unpaired) electrons. The third-order valence-electron chi connectivity index (χ3n) is 5.41. The number of rotatable bonds is 7. The molecule has 0 bridgehead atoms. The Bertz CT molecular complexity index is 586. The summed E-state index contributed by atoms with van der Waals surface area (Å²) >= 11 is 0. The first kappa shape index (κ1) is 18.7. The summed E-state index contributed by atoms with van der Waals surface area (Å²) < 4.78 is 0. The number of benzene rings is 1. The summed E-state index contributed by atoms with van der Waals surface area (Å²) in [5.74, 6) is 0.242. The van der Waals surface area contributed by atoms with Gasteiger partial charge >= 0.3 is 0 Å². The van der Waals surface area contributed by atoms with E-state index < -0.39 is 5.54 Å². The van der Waals surface area contributed by atoms with Crippen LogP contribution in [-0.2, 0) is 0 Å². The van der Waals surface area contributed by atoms with E-state index in [4.69, 9.17) is 0 Å². The van der Waals surface area contributed by atoms with Gasteiger partial charge in [0, 0.05) is 25.3 Å². The molecule has 3 heteroatoms. The van der Waals surface area contributed by atoms with Gasteiger partial charge in [-0.25, -0.2) is 0 Å². The molecule has 2 rings (SSSR count). The second-order valence-electron chi connectivity index (χ2n) is 7.33. The smallest absolute Gasteiger partial charge is 0.183 e. The zero-order chi connectivity index (χ0) is 17.7. The molecule has 0 spiro atoms. The fourth-order valence-corrected chi connectivity index (χ4v) is 3.66. The minimum atomic E-state index is -0.442. The van der Waals surface area contributed by atoms with Crippen LogP contribution in [0.15, 0.2) is 35.9 Å². The number of hydrogen-bond acceptors (Lipinski definition) is 3. The van der Waals surface area contributed by atoms with Gasteiger partial charge in [0.25, 0.3) is 0 Å². The Balaban J connectivity index is 2.31. The Morgan fingerprint density at radius 2 is 1.75 bits per heavy atom. The second kappa shape index (κ2) is 7.98. The molecule has 132 valence electrons. The third kappa shape index (κ3) is 3.89. The number of anilines is 1. The van der Waals surface area contributed by atoms with E-state index in [1.165, 1.54) is 18.4 Å². The molecule has 1 aliphatic rings. The SMILES string of the molecule is CCC(CC1=CCCCC1)(C(=O)c1ccc(N(C)C)cc1)N(C)C. The first-order valence-corrected chi connectivity index (χ1v) is 9.08. The fourth-order valence-electron chi connectivity index (χ4n) is 3.66. The normalized spacial score (nSPS) is 17.3. The molecule has 0 N–H and O–H groups in total. The fraction of sp³-hybridized carbons (Fsp3) is 0.571. The molecular formula is C21H32N2O. The van der Waals surface area contributed by atoms with E-state index in [1.807, 2.05) is 52.5 Å². The molecular weight excluding hydrogens is 296 g/mol. The summed E-state index contributed by atoms with van der Waals surface area (Å²) in [5.41, 5.74) is 2.94. The van der Waals surface area contributed by atoms with Gasteiger partial charge in [-0.05, 0) is 76.9 Å². The maximum Gasteiger partial charge on any atom is 0.183 e. The Kier molecular flexibility index (Phi) is 6.22. The molecule has 1 atom stereocenters. The van der Waals surface area contributed by atoms with Crippen LogP contribution in [0.5, 0.6) is 0 Å². The predicted molar refractivity (Wildman–Crippen MR) is 103 cm³/mol. The molecule has 0 aliphatic heterocycles. The van der Waals surface area contributed by atoms with Crippen molar-refractivity contribution in [3.63, 3.8) is 0 Å². The molecule has 0 amide bonds. The average molecular weight is 328 g/mol. The van der Waals surface area contributed by atoms with E-state index in [0.717, 1.165) is 36.9 Å². The van der Waals surface area contributed by atoms with Crippen molar-refractivity contribution < 1.29 is 4.79 Å². The van der Waals surface area contributed by atoms with Crippen molar-refractivity contribution in [1.29, 1.82) is 0 Å². The van der Waals surface area contributed by atoms with Crippen LogP contribution in [0.4, 0.5) is 5.69 Å². The Morgan fingerprint density at radius 3 is 2.21 bits per heavy atom. The van der Waals surface area contributed by atoms with E-state index >= 15 is 0 Å². The van der Waals surface area contributed by atoms with Crippen LogP contribution in [-0.4, -0.2) is 44.4 Å². The molecule has 0 fully saturated rings. The maximum atomic E-state index is 13.4. The lowest BCUT2D eigenvalue weighted by atomic mass is 9.78. The van der Waals surface area contributed by atoms with Crippen LogP contribution in [0.3, 0.4) is 0 Å². The third-order valence-corrected chi connectivity index (χ3v) is 5.41. The number of Topliss-reactive ketones (excluding diaryl/α,β-unsaturated/α-hetero) is 1. The zero-order valence-corrected chi connectivity index (χ0v) is 15.9. The van der Waals surface area contributed by atoms with Gasteiger partial charge in [0.05, 0.1) is 5.54 Å². The lowest BCUT2D eigenvalue weighted by Crippen LogP contribution is -2.51. The van der Waals surface area contributed by atoms with Crippen molar-refractivity contribution >= 4 is 11.5 Å². The van der Waals surface area contributed by atoms with Gasteiger partial charge in [-0.1, -0.05) is 18.6 Å². The highest BCUT2D eigenvalue weighted by atomic mass is 16.1. The highest BCUT2D eigenvalue weighted by Crippen LogP contribution is 2.34. The van der Waals surface area contributed by atoms with E-state index in [1.54, 1.807) is 0 Å². The van der Waals surface area contributed by atoms with E-state index in [-0.39, 0.29) is 5.78 Å². The van der Waals surface area contributed by atoms with E-state index in [9.17, 15) is 4.79 Å². The monoisotopic (exact) mass is 328 g/mol. The minimum absolute atomic E-state index is 0.242. The summed E-state index contributed by atoms with van der Waals surface area (Å²) in [4.78, 5) is 17.6. The molecule has 24 heavy (non-hydrogen) atoms. The van der Waals surface area contributed by atoms with Gasteiger partial charge in [0.1, 0.15) is 0 Å². The molecule has 1 unspecified atom stereocenters. The summed E-state index contributed by atoms with van der Waals surface area (Å²) in [6.45, 7) is 2.13. The largest absolute Gasteiger partial charge is 0.378 e. The number of likely N-dealkylation sites (N-methyl/N-ethyl adjacent to an activating group) is 1. The number of carbonyl (C=O) groups excluding carboxylic acids is 1. The molecule has 3 nitrogen and oxygen atoms in total. The van der Waals surface area contributed by atoms with Gasteiger partial charge < -0.3 is 4.90 Å². The van der Waals surface area contributed by atoms with Crippen molar-refractivity contribution in [3.05, 3.63) is 41.5 Å². The standard InChI is InChI=1S/C21H32N2O/c1-6-21(23(4)5,16-17-10-8-7-9-11-17)20(24)18-12-14-19(15-13-18)22(2)3/h10,12-15H,6-9,11,16H2,1-5H3. The number of allylic oxidation sites excluding steroid dienone is 1. The first-order valence-electron chi connectivity index (χ1n) is 9.08. The summed E-state index contributed by atoms with van der Waals surface area (Å²) in [7, 11) is 8.11. The van der Waals surface area contributed by atoms with Gasteiger partial charge in [0.2, 0.25) is 0 Å². The molecule has 1 aromatic rings. The molecule has 0 saturated carbocycles. The van der Waals surface area contributed by atoms with Crippen molar-refractivity contribution in [1.82, 2.24) is 4.90 Å². The maximum absolute atomic E-state index is 13.4. The van der Waals surface area contributed by atoms with Gasteiger partial charge in [-0.2, -0.15) is 0 Å². The summed E-state index contributed by atoms with van der Waals surface area (Å²) in [6, 6.07) is 8.01. The topological polar surface area (TPSA) is 23.6 Å². The lowest BCUT2D eigenvalue weighted by Gasteiger charge is -2.39. The molecule has 0 saturated heterocycles. The van der Waals surface area contributed by atoms with Gasteiger partial charge in [-0.15, -0.1) is 0 Å². The van der Waals surface area contributed by atoms with Crippen LogP contribution >= 0.6 is 0 Å². The first-order chi connectivity index (χ1) is 11.4. The molecule has 1 aliphatic carbocycles. The van der Waals surface area contributed by atoms with Crippen LogP contribution in [0.25, 0.3) is 0 Å². The minimum Gasteiger partial charge on any atom is -0.378 e. The quantitative estimate of drug-likeness (QED) is 0.542. The molecule has 0 heterocycles. The van der Waals surface area contributed by atoms with Gasteiger partial charge in [0.15, 0.2) is 5.78 Å². The van der Waals surface area contributed by atoms with Crippen LogP contribution in [0.2, 0.25) is 0 Å². The number of ketones is 1. The van der Waals surface area contributed by atoms with E-state index in [2.05, 4.69) is 22.8 Å². The second-order valence-corrected chi connectivity index (χ2v) is 7.33. The van der Waals surface area contributed by atoms with Gasteiger partial charge in [-0.3, -0.25) is 9.69 Å². The highest BCUT2D eigenvalue weighted by molar-refractivity contribution is 6.03. The van der Waals surface area contributed by atoms with Crippen molar-refractivity contribution in [2.24, 2.45) is 0 Å². The van der Waals surface area contributed by atoms with Crippen LogP contribution < -0.4 is 4.90 Å². The van der Waals surface area contributed by atoms with E-state index in [0.29, 0.717) is 0 Å². The van der Waals surface area contributed by atoms with Crippen LogP contribution in [0.1, 0.15) is 55.8 Å². The Morgan fingerprint density at radius 1 is 1.08 bits per heavy atom. The summed E-state index contributed by atoms with van der Waals surface area (Å²) in [6.07, 6.45) is 8.88. The molecule has 0 aromatic heterocycles. The van der Waals surface area contributed by atoms with Crippen molar-refractivity contribution in [2.45, 2.75) is 51.0 Å². The highest BCUT2D eigenvalue weighted by Gasteiger charge is 2.40. The number of hydrogen-bond donors (Lipinski definition) is 0. The molecule has 1 aromatic carbocycles. The van der Waals surface area contributed by atoms with Crippen molar-refractivity contribution in [2.75, 3.05) is 33.1 Å². The Labute approximate surface area is 147 Å². The van der Waals surface area contributed by atoms with Crippen LogP contribution in [0, 0.1) is 0 Å². The average Bonchev–Trinajstić information content (AvgIpc) is 2.59. The van der Waals surface area contributed by atoms with Crippen molar-refractivity contribution in [3.8, 4) is 0 Å². The number of nitrogens with zero attached hydrogens (tertiary/aromatic N) is 2.